The van der Waals surface area contributed by atoms with Gasteiger partial charge in [-0.2, -0.15) is 0 Å². The van der Waals surface area contributed by atoms with E-state index in [0.29, 0.717) is 18.9 Å². The monoisotopic (exact) mass is 333 g/mol. The highest BCUT2D eigenvalue weighted by molar-refractivity contribution is 5.89. The van der Waals surface area contributed by atoms with E-state index in [-0.39, 0.29) is 18.7 Å². The zero-order chi connectivity index (χ0) is 17.5. The number of aromatic nitrogens is 1. The number of aromatic amines is 1. The molecule has 0 aliphatic carbocycles. The first kappa shape index (κ1) is 18.1. The average Bonchev–Trinajstić information content (AvgIpc) is 2.97. The van der Waals surface area contributed by atoms with Gasteiger partial charge in [-0.1, -0.05) is 19.9 Å². The molecule has 0 saturated carbocycles. The second-order valence-corrected chi connectivity index (χ2v) is 6.36. The number of rotatable bonds is 8. The fourth-order valence-electron chi connectivity index (χ4n) is 2.88. The number of aliphatic hydroxyl groups excluding tert-OH is 1. The maximum atomic E-state index is 11.9. The van der Waals surface area contributed by atoms with Crippen molar-refractivity contribution in [1.82, 2.24) is 15.6 Å². The summed E-state index contributed by atoms with van der Waals surface area (Å²) in [6.07, 6.45) is 3.40. The summed E-state index contributed by atoms with van der Waals surface area (Å²) >= 11 is 0. The number of nitrogens with one attached hydrogen (secondary N) is 3. The first-order valence-corrected chi connectivity index (χ1v) is 8.33. The van der Waals surface area contributed by atoms with Crippen molar-refractivity contribution in [3.63, 3.8) is 0 Å². The Morgan fingerprint density at radius 2 is 2.17 bits per heavy atom. The number of urea groups is 1. The number of carbonyl (C=O) groups is 1. The van der Waals surface area contributed by atoms with Gasteiger partial charge in [-0.3, -0.25) is 0 Å². The molecule has 0 saturated heterocycles. The summed E-state index contributed by atoms with van der Waals surface area (Å²) in [6, 6.07) is 5.41. The van der Waals surface area contributed by atoms with Crippen LogP contribution in [0, 0.1) is 5.92 Å². The van der Waals surface area contributed by atoms with Crippen LogP contribution in [0.4, 0.5) is 4.79 Å². The third kappa shape index (κ3) is 4.64. The molecule has 1 unspecified atom stereocenters. The molecule has 0 bridgehead atoms. The van der Waals surface area contributed by atoms with E-state index in [1.807, 2.05) is 24.4 Å². The Balaban J connectivity index is 1.89. The topological polar surface area (TPSA) is 86.4 Å². The zero-order valence-electron chi connectivity index (χ0n) is 14.6. The smallest absolute Gasteiger partial charge is 0.315 e. The summed E-state index contributed by atoms with van der Waals surface area (Å²) in [4.78, 5) is 15.2. The number of aliphatic hydroxyl groups is 1. The molecule has 6 nitrogen and oxygen atoms in total. The van der Waals surface area contributed by atoms with Gasteiger partial charge in [0.2, 0.25) is 0 Å². The van der Waals surface area contributed by atoms with Crippen LogP contribution >= 0.6 is 0 Å². The molecule has 0 aliphatic heterocycles. The SMILES string of the molecule is COc1cccc2[nH]cc(CCNC(=O)NC(CO)CC(C)C)c12. The second kappa shape index (κ2) is 8.59. The van der Waals surface area contributed by atoms with E-state index < -0.39 is 0 Å². The van der Waals surface area contributed by atoms with Crippen molar-refractivity contribution in [3.8, 4) is 5.75 Å². The lowest BCUT2D eigenvalue weighted by Gasteiger charge is -2.18. The summed E-state index contributed by atoms with van der Waals surface area (Å²) in [6.45, 7) is 4.58. The summed E-state index contributed by atoms with van der Waals surface area (Å²) < 4.78 is 5.41. The second-order valence-electron chi connectivity index (χ2n) is 6.36. The molecule has 4 N–H and O–H groups in total. The molecule has 0 radical (unpaired) electrons. The van der Waals surface area contributed by atoms with Crippen molar-refractivity contribution < 1.29 is 14.6 Å². The average molecular weight is 333 g/mol. The first-order valence-electron chi connectivity index (χ1n) is 8.33. The largest absolute Gasteiger partial charge is 0.496 e. The number of ether oxygens (including phenoxy) is 1. The maximum Gasteiger partial charge on any atom is 0.315 e. The van der Waals surface area contributed by atoms with Gasteiger partial charge in [-0.05, 0) is 36.5 Å². The van der Waals surface area contributed by atoms with Gasteiger partial charge in [0.05, 0.1) is 19.8 Å². The molecule has 2 amide bonds. The first-order chi connectivity index (χ1) is 11.5. The Morgan fingerprint density at radius 3 is 2.83 bits per heavy atom. The minimum absolute atomic E-state index is 0.0504. The summed E-state index contributed by atoms with van der Waals surface area (Å²) in [7, 11) is 1.65. The lowest BCUT2D eigenvalue weighted by atomic mass is 10.0. The molecular weight excluding hydrogens is 306 g/mol. The zero-order valence-corrected chi connectivity index (χ0v) is 14.6. The number of benzene rings is 1. The molecule has 2 aromatic rings. The van der Waals surface area contributed by atoms with E-state index in [1.165, 1.54) is 0 Å². The minimum Gasteiger partial charge on any atom is -0.496 e. The van der Waals surface area contributed by atoms with Crippen molar-refractivity contribution in [3.05, 3.63) is 30.0 Å². The van der Waals surface area contributed by atoms with E-state index in [0.717, 1.165) is 28.6 Å². The standard InChI is InChI=1S/C18H27N3O3/c1-12(2)9-14(11-22)21-18(23)19-8-7-13-10-20-15-5-4-6-16(24-3)17(13)15/h4-6,10,12,14,20,22H,7-9,11H2,1-3H3,(H2,19,21,23). The number of H-pyrrole nitrogens is 1. The normalized spacial score (nSPS) is 12.4. The van der Waals surface area contributed by atoms with Crippen molar-refractivity contribution in [2.24, 2.45) is 5.92 Å². The number of fused-ring (bicyclic) bond motifs is 1. The summed E-state index contributed by atoms with van der Waals surface area (Å²) in [5, 5.41) is 16.0. The van der Waals surface area contributed by atoms with E-state index in [1.54, 1.807) is 7.11 Å². The molecule has 1 atom stereocenters. The molecule has 0 aliphatic rings. The van der Waals surface area contributed by atoms with Crippen LogP contribution in [0.25, 0.3) is 10.9 Å². The van der Waals surface area contributed by atoms with Crippen LogP contribution in [-0.2, 0) is 6.42 Å². The number of amides is 2. The quantitative estimate of drug-likeness (QED) is 0.598. The van der Waals surface area contributed by atoms with Crippen LogP contribution in [0.3, 0.4) is 0 Å². The molecule has 132 valence electrons. The molecule has 2 rings (SSSR count). The van der Waals surface area contributed by atoms with Gasteiger partial charge in [0.1, 0.15) is 5.75 Å². The van der Waals surface area contributed by atoms with Crippen LogP contribution in [0.15, 0.2) is 24.4 Å². The lowest BCUT2D eigenvalue weighted by molar-refractivity contribution is 0.207. The third-order valence-electron chi connectivity index (χ3n) is 3.96. The van der Waals surface area contributed by atoms with Gasteiger partial charge in [0, 0.05) is 23.6 Å². The number of carbonyl (C=O) groups excluding carboxylic acids is 1. The van der Waals surface area contributed by atoms with Gasteiger partial charge in [-0.25, -0.2) is 4.79 Å². The van der Waals surface area contributed by atoms with Crippen LogP contribution in [0.2, 0.25) is 0 Å². The van der Waals surface area contributed by atoms with Crippen molar-refractivity contribution >= 4 is 16.9 Å². The van der Waals surface area contributed by atoms with E-state index in [9.17, 15) is 9.90 Å². The third-order valence-corrected chi connectivity index (χ3v) is 3.96. The molecule has 0 fully saturated rings. The van der Waals surface area contributed by atoms with Gasteiger partial charge in [-0.15, -0.1) is 0 Å². The fraction of sp³-hybridized carbons (Fsp3) is 0.500. The van der Waals surface area contributed by atoms with E-state index in [2.05, 4.69) is 29.5 Å². The highest BCUT2D eigenvalue weighted by Gasteiger charge is 2.13. The number of methoxy groups -OCH3 is 1. The van der Waals surface area contributed by atoms with Crippen LogP contribution in [0.1, 0.15) is 25.8 Å². The summed E-state index contributed by atoms with van der Waals surface area (Å²) in [5.74, 6) is 1.24. The van der Waals surface area contributed by atoms with E-state index in [4.69, 9.17) is 4.74 Å². The maximum absolute atomic E-state index is 11.9. The van der Waals surface area contributed by atoms with Gasteiger partial charge in [0.25, 0.3) is 0 Å². The predicted molar refractivity (Wildman–Crippen MR) is 95.4 cm³/mol. The highest BCUT2D eigenvalue weighted by atomic mass is 16.5. The van der Waals surface area contributed by atoms with E-state index >= 15 is 0 Å². The molecule has 1 aromatic heterocycles. The van der Waals surface area contributed by atoms with Crippen molar-refractivity contribution in [1.29, 1.82) is 0 Å². The Labute approximate surface area is 142 Å². The fourth-order valence-corrected chi connectivity index (χ4v) is 2.88. The van der Waals surface area contributed by atoms with Gasteiger partial charge < -0.3 is 25.5 Å². The van der Waals surface area contributed by atoms with Gasteiger partial charge >= 0.3 is 6.03 Å². The molecule has 1 aromatic carbocycles. The predicted octanol–water partition coefficient (Wildman–Crippen LogP) is 2.43. The number of hydrogen-bond donors (Lipinski definition) is 4. The minimum atomic E-state index is -0.249. The summed E-state index contributed by atoms with van der Waals surface area (Å²) in [5.41, 5.74) is 2.12. The highest BCUT2D eigenvalue weighted by Crippen LogP contribution is 2.28. The molecule has 6 heteroatoms. The van der Waals surface area contributed by atoms with Crippen molar-refractivity contribution in [2.75, 3.05) is 20.3 Å². The van der Waals surface area contributed by atoms with Gasteiger partial charge in [0.15, 0.2) is 0 Å². The van der Waals surface area contributed by atoms with Crippen LogP contribution in [0.5, 0.6) is 5.75 Å². The van der Waals surface area contributed by atoms with Crippen LogP contribution in [-0.4, -0.2) is 42.4 Å². The number of hydrogen-bond acceptors (Lipinski definition) is 3. The Bertz CT molecular complexity index is 667. The molecule has 24 heavy (non-hydrogen) atoms. The van der Waals surface area contributed by atoms with Crippen molar-refractivity contribution in [2.45, 2.75) is 32.7 Å². The Morgan fingerprint density at radius 1 is 1.38 bits per heavy atom. The lowest BCUT2D eigenvalue weighted by Crippen LogP contribution is -2.44. The molecule has 1 heterocycles. The molecular formula is C18H27N3O3. The Kier molecular flexibility index (Phi) is 6.49. The van der Waals surface area contributed by atoms with Crippen LogP contribution < -0.4 is 15.4 Å². The Hall–Kier alpha value is -2.21. The molecule has 0 spiro atoms.